The average molecular weight is 170 g/mol. The molecule has 0 aliphatic heterocycles. The molecule has 66 valence electrons. The molecule has 1 atom stereocenters. The molecule has 1 N–H and O–H groups in total. The first-order chi connectivity index (χ1) is 5.74. The molecule has 0 amide bonds. The number of hydrogen-bond donors (Lipinski definition) is 1. The molecule has 0 radical (unpaired) electrons. The third-order valence-electron chi connectivity index (χ3n) is 1.42. The van der Waals surface area contributed by atoms with Gasteiger partial charge < -0.3 is 9.84 Å². The topological polar surface area (TPSA) is 29.5 Å². The lowest BCUT2D eigenvalue weighted by atomic mass is 10.3. The largest absolute Gasteiger partial charge is 0.485 e. The van der Waals surface area contributed by atoms with Crippen LogP contribution < -0.4 is 4.74 Å². The molecule has 1 rings (SSSR count). The minimum absolute atomic E-state index is 0.117. The van der Waals surface area contributed by atoms with Crippen LogP contribution in [0.15, 0.2) is 24.3 Å². The molecule has 0 aliphatic carbocycles. The first kappa shape index (κ1) is 9.00. The summed E-state index contributed by atoms with van der Waals surface area (Å²) in [7, 11) is 0. The van der Waals surface area contributed by atoms with Crippen LogP contribution in [0.1, 0.15) is 6.92 Å². The molecule has 3 heteroatoms. The van der Waals surface area contributed by atoms with Crippen LogP contribution in [0.5, 0.6) is 5.75 Å². The van der Waals surface area contributed by atoms with E-state index in [1.807, 2.05) is 0 Å². The zero-order valence-corrected chi connectivity index (χ0v) is 6.83. The first-order valence-electron chi connectivity index (χ1n) is 3.76. The summed E-state index contributed by atoms with van der Waals surface area (Å²) in [5, 5.41) is 8.64. The minimum Gasteiger partial charge on any atom is -0.485 e. The summed E-state index contributed by atoms with van der Waals surface area (Å²) in [5.41, 5.74) is 0. The third-order valence-corrected chi connectivity index (χ3v) is 1.42. The predicted octanol–water partition coefficient (Wildman–Crippen LogP) is 1.59. The molecule has 0 bridgehead atoms. The van der Waals surface area contributed by atoms with Crippen molar-refractivity contribution in [1.82, 2.24) is 0 Å². The van der Waals surface area contributed by atoms with E-state index in [2.05, 4.69) is 0 Å². The Morgan fingerprint density at radius 1 is 1.50 bits per heavy atom. The second-order valence-electron chi connectivity index (χ2n) is 2.54. The van der Waals surface area contributed by atoms with Gasteiger partial charge in [0.15, 0.2) is 11.6 Å². The Bertz CT molecular complexity index is 250. The van der Waals surface area contributed by atoms with Crippen LogP contribution >= 0.6 is 0 Å². The van der Waals surface area contributed by atoms with Gasteiger partial charge in [0.1, 0.15) is 6.10 Å². The quantitative estimate of drug-likeness (QED) is 0.746. The van der Waals surface area contributed by atoms with Gasteiger partial charge in [-0.25, -0.2) is 4.39 Å². The van der Waals surface area contributed by atoms with Crippen molar-refractivity contribution < 1.29 is 14.2 Å². The number of hydrogen-bond acceptors (Lipinski definition) is 2. The highest BCUT2D eigenvalue weighted by Crippen LogP contribution is 2.16. The molecule has 0 aromatic heterocycles. The second-order valence-corrected chi connectivity index (χ2v) is 2.54. The van der Waals surface area contributed by atoms with E-state index in [9.17, 15) is 4.39 Å². The molecule has 0 spiro atoms. The summed E-state index contributed by atoms with van der Waals surface area (Å²) < 4.78 is 17.9. The van der Waals surface area contributed by atoms with Gasteiger partial charge in [-0.3, -0.25) is 0 Å². The van der Waals surface area contributed by atoms with Gasteiger partial charge in [0, 0.05) is 0 Å². The number of benzene rings is 1. The number of para-hydroxylation sites is 1. The van der Waals surface area contributed by atoms with Gasteiger partial charge in [-0.05, 0) is 19.1 Å². The molecule has 2 nitrogen and oxygen atoms in total. The maximum atomic E-state index is 12.9. The molecular weight excluding hydrogens is 159 g/mol. The smallest absolute Gasteiger partial charge is 0.165 e. The lowest BCUT2D eigenvalue weighted by Crippen LogP contribution is -2.16. The van der Waals surface area contributed by atoms with Crippen LogP contribution in [0.3, 0.4) is 0 Å². The molecule has 0 aliphatic rings. The zero-order chi connectivity index (χ0) is 8.97. The Kier molecular flexibility index (Phi) is 3.05. The Morgan fingerprint density at radius 3 is 2.75 bits per heavy atom. The fraction of sp³-hybridized carbons (Fsp3) is 0.333. The van der Waals surface area contributed by atoms with Crippen molar-refractivity contribution in [2.24, 2.45) is 0 Å². The zero-order valence-electron chi connectivity index (χ0n) is 6.83. The van der Waals surface area contributed by atoms with Gasteiger partial charge >= 0.3 is 0 Å². The van der Waals surface area contributed by atoms with E-state index in [-0.39, 0.29) is 18.5 Å². The summed E-state index contributed by atoms with van der Waals surface area (Å²) in [6, 6.07) is 6.12. The molecule has 1 aromatic rings. The standard InChI is InChI=1S/C9H11FO2/c1-7(6-11)12-9-5-3-2-4-8(9)10/h2-5,7,11H,6H2,1H3. The summed E-state index contributed by atoms with van der Waals surface area (Å²) in [5.74, 6) is -0.225. The number of aliphatic hydroxyl groups excluding tert-OH is 1. The van der Waals surface area contributed by atoms with Crippen LogP contribution in [0.2, 0.25) is 0 Å². The van der Waals surface area contributed by atoms with Crippen LogP contribution in [0, 0.1) is 5.82 Å². The Morgan fingerprint density at radius 2 is 2.17 bits per heavy atom. The average Bonchev–Trinajstić information content (AvgIpc) is 2.09. The summed E-state index contributed by atoms with van der Waals surface area (Å²) in [6.07, 6.45) is -0.373. The highest BCUT2D eigenvalue weighted by Gasteiger charge is 2.05. The van der Waals surface area contributed by atoms with Crippen molar-refractivity contribution in [3.8, 4) is 5.75 Å². The van der Waals surface area contributed by atoms with E-state index in [0.717, 1.165) is 0 Å². The number of aliphatic hydroxyl groups is 1. The molecule has 0 saturated heterocycles. The highest BCUT2D eigenvalue weighted by atomic mass is 19.1. The Hall–Kier alpha value is -1.09. The van der Waals surface area contributed by atoms with E-state index in [1.54, 1.807) is 19.1 Å². The predicted molar refractivity (Wildman–Crippen MR) is 43.6 cm³/mol. The Balaban J connectivity index is 2.69. The second kappa shape index (κ2) is 4.07. The van der Waals surface area contributed by atoms with Gasteiger partial charge in [-0.2, -0.15) is 0 Å². The van der Waals surface area contributed by atoms with Gasteiger partial charge in [-0.15, -0.1) is 0 Å². The SMILES string of the molecule is CC(CO)Oc1ccccc1F. The van der Waals surface area contributed by atoms with Gasteiger partial charge in [0.05, 0.1) is 6.61 Å². The minimum atomic E-state index is -0.405. The van der Waals surface area contributed by atoms with Crippen LogP contribution in [-0.2, 0) is 0 Å². The Labute approximate surface area is 70.6 Å². The fourth-order valence-corrected chi connectivity index (χ4v) is 0.794. The van der Waals surface area contributed by atoms with Crippen molar-refractivity contribution in [3.05, 3.63) is 30.1 Å². The normalized spacial score (nSPS) is 12.6. The molecule has 1 unspecified atom stereocenters. The number of rotatable bonds is 3. The fourth-order valence-electron chi connectivity index (χ4n) is 0.794. The van der Waals surface area contributed by atoms with Crippen LogP contribution in [0.25, 0.3) is 0 Å². The summed E-state index contributed by atoms with van der Waals surface area (Å²) in [4.78, 5) is 0. The van der Waals surface area contributed by atoms with E-state index >= 15 is 0 Å². The van der Waals surface area contributed by atoms with Crippen molar-refractivity contribution in [1.29, 1.82) is 0 Å². The van der Waals surface area contributed by atoms with E-state index < -0.39 is 5.82 Å². The van der Waals surface area contributed by atoms with E-state index in [1.165, 1.54) is 12.1 Å². The summed E-state index contributed by atoms with van der Waals surface area (Å²) in [6.45, 7) is 1.56. The first-order valence-corrected chi connectivity index (χ1v) is 3.76. The maximum absolute atomic E-state index is 12.9. The van der Waals surface area contributed by atoms with E-state index in [4.69, 9.17) is 9.84 Å². The van der Waals surface area contributed by atoms with Crippen molar-refractivity contribution in [3.63, 3.8) is 0 Å². The number of ether oxygens (including phenoxy) is 1. The third kappa shape index (κ3) is 2.20. The molecule has 0 heterocycles. The van der Waals surface area contributed by atoms with Crippen LogP contribution in [0.4, 0.5) is 4.39 Å². The molecular formula is C9H11FO2. The van der Waals surface area contributed by atoms with Crippen molar-refractivity contribution in [2.45, 2.75) is 13.0 Å². The lowest BCUT2D eigenvalue weighted by Gasteiger charge is -2.11. The van der Waals surface area contributed by atoms with Crippen molar-refractivity contribution in [2.75, 3.05) is 6.61 Å². The number of halogens is 1. The molecule has 0 fully saturated rings. The van der Waals surface area contributed by atoms with E-state index in [0.29, 0.717) is 0 Å². The molecule has 12 heavy (non-hydrogen) atoms. The van der Waals surface area contributed by atoms with Gasteiger partial charge in [-0.1, -0.05) is 12.1 Å². The van der Waals surface area contributed by atoms with Gasteiger partial charge in [0.25, 0.3) is 0 Å². The molecule has 1 aromatic carbocycles. The highest BCUT2D eigenvalue weighted by molar-refractivity contribution is 5.23. The monoisotopic (exact) mass is 170 g/mol. The van der Waals surface area contributed by atoms with Crippen LogP contribution in [-0.4, -0.2) is 17.8 Å². The van der Waals surface area contributed by atoms with Crippen molar-refractivity contribution >= 4 is 0 Å². The summed E-state index contributed by atoms with van der Waals surface area (Å²) >= 11 is 0. The van der Waals surface area contributed by atoms with Gasteiger partial charge in [0.2, 0.25) is 0 Å². The maximum Gasteiger partial charge on any atom is 0.165 e. The molecule has 0 saturated carbocycles. The lowest BCUT2D eigenvalue weighted by molar-refractivity contribution is 0.125.